The van der Waals surface area contributed by atoms with E-state index in [-0.39, 0.29) is 27.9 Å². The molecular weight excluding hydrogens is 564 g/mol. The van der Waals surface area contributed by atoms with Crippen LogP contribution < -0.4 is 9.64 Å². The molecular formula is C34H30N2O6S. The number of aliphatic hydroxyl groups is 1. The van der Waals surface area contributed by atoms with Crippen molar-refractivity contribution in [2.24, 2.45) is 0 Å². The van der Waals surface area contributed by atoms with Crippen LogP contribution in [0.15, 0.2) is 91.0 Å². The first-order chi connectivity index (χ1) is 20.7. The number of amides is 1. The van der Waals surface area contributed by atoms with Gasteiger partial charge >= 0.3 is 11.9 Å². The Hall–Kier alpha value is -5.02. The van der Waals surface area contributed by atoms with Gasteiger partial charge < -0.3 is 14.6 Å². The van der Waals surface area contributed by atoms with Crippen molar-refractivity contribution in [2.75, 3.05) is 11.5 Å². The van der Waals surface area contributed by atoms with Gasteiger partial charge in [0.2, 0.25) is 0 Å². The van der Waals surface area contributed by atoms with Gasteiger partial charge in [0.25, 0.3) is 5.78 Å². The molecule has 1 fully saturated rings. The fraction of sp³-hybridized carbons (Fsp3) is 0.176. The van der Waals surface area contributed by atoms with Crippen molar-refractivity contribution in [1.29, 1.82) is 0 Å². The van der Waals surface area contributed by atoms with Crippen LogP contribution in [0.3, 0.4) is 0 Å². The zero-order chi connectivity index (χ0) is 30.7. The van der Waals surface area contributed by atoms with Gasteiger partial charge in [-0.25, -0.2) is 9.78 Å². The first-order valence-electron chi connectivity index (χ1n) is 13.6. The van der Waals surface area contributed by atoms with E-state index in [9.17, 15) is 19.5 Å². The number of aryl methyl sites for hydroxylation is 3. The second-order valence-corrected chi connectivity index (χ2v) is 11.1. The predicted octanol–water partition coefficient (Wildman–Crippen LogP) is 6.62. The van der Waals surface area contributed by atoms with E-state index in [1.54, 1.807) is 37.3 Å². The van der Waals surface area contributed by atoms with E-state index < -0.39 is 23.7 Å². The molecule has 1 aromatic heterocycles. The maximum absolute atomic E-state index is 13.6. The smallest absolute Gasteiger partial charge is 0.350 e. The Morgan fingerprint density at radius 1 is 1.05 bits per heavy atom. The molecule has 9 heteroatoms. The Kier molecular flexibility index (Phi) is 8.54. The van der Waals surface area contributed by atoms with Crippen molar-refractivity contribution in [2.45, 2.75) is 33.4 Å². The lowest BCUT2D eigenvalue weighted by molar-refractivity contribution is -0.132. The number of hydrogen-bond acceptors (Lipinski definition) is 8. The summed E-state index contributed by atoms with van der Waals surface area (Å²) in [6.45, 7) is 9.35. The topological polar surface area (TPSA) is 106 Å². The monoisotopic (exact) mass is 594 g/mol. The minimum atomic E-state index is -0.975. The number of nitrogens with zero attached hydrogens (tertiary/aromatic N) is 2. The van der Waals surface area contributed by atoms with E-state index in [2.05, 4.69) is 11.6 Å². The van der Waals surface area contributed by atoms with E-state index in [0.717, 1.165) is 28.0 Å². The van der Waals surface area contributed by atoms with Gasteiger partial charge in [0.05, 0.1) is 17.3 Å². The molecule has 0 aliphatic carbocycles. The summed E-state index contributed by atoms with van der Waals surface area (Å²) in [7, 11) is 0. The van der Waals surface area contributed by atoms with Crippen LogP contribution in [0.2, 0.25) is 0 Å². The molecule has 0 unspecified atom stereocenters. The second kappa shape index (κ2) is 12.5. The zero-order valence-corrected chi connectivity index (χ0v) is 24.8. The summed E-state index contributed by atoms with van der Waals surface area (Å²) >= 11 is 0.952. The third-order valence-corrected chi connectivity index (χ3v) is 8.17. The van der Waals surface area contributed by atoms with Gasteiger partial charge in [-0.15, -0.1) is 0 Å². The highest BCUT2D eigenvalue weighted by Gasteiger charge is 2.48. The molecule has 3 aromatic carbocycles. The van der Waals surface area contributed by atoms with Crippen LogP contribution in [0.25, 0.3) is 5.76 Å². The van der Waals surface area contributed by atoms with Crippen molar-refractivity contribution >= 4 is 39.9 Å². The van der Waals surface area contributed by atoms with Crippen molar-refractivity contribution < 1.29 is 29.0 Å². The number of hydrogen-bond donors (Lipinski definition) is 1. The normalized spacial score (nSPS) is 15.9. The SMILES string of the molecule is C=CCOC(=O)c1sc(N2C(=O)C(=O)C(=C(O)c3ccc(OCc4ccccc4)c(C)c3)[C@@H]2c2ccc(C)cc2)nc1C. The molecule has 43 heavy (non-hydrogen) atoms. The third-order valence-electron chi connectivity index (χ3n) is 7.03. The molecule has 5 rings (SSSR count). The standard InChI is InChI=1S/C34H30N2O6S/c1-5-17-41-33(40)31-22(4)35-34(43-31)36-28(24-13-11-20(2)12-14-24)27(30(38)32(36)39)29(37)25-15-16-26(21(3)18-25)42-19-23-9-7-6-8-10-23/h5-16,18,28,37H,1,17,19H2,2-4H3/t28-/m0/s1. The van der Waals surface area contributed by atoms with E-state index >= 15 is 0 Å². The number of aromatic nitrogens is 1. The van der Waals surface area contributed by atoms with Gasteiger partial charge in [-0.2, -0.15) is 0 Å². The molecule has 1 aliphatic rings. The van der Waals surface area contributed by atoms with Gasteiger partial charge in [-0.05, 0) is 55.7 Å². The molecule has 0 radical (unpaired) electrons. The summed E-state index contributed by atoms with van der Waals surface area (Å²) < 4.78 is 11.1. The van der Waals surface area contributed by atoms with Crippen molar-refractivity contribution in [3.8, 4) is 5.75 Å². The molecule has 218 valence electrons. The average Bonchev–Trinajstić information content (AvgIpc) is 3.51. The maximum Gasteiger partial charge on any atom is 0.350 e. The summed E-state index contributed by atoms with van der Waals surface area (Å²) in [5.41, 5.74) is 4.01. The van der Waals surface area contributed by atoms with Gasteiger partial charge in [-0.1, -0.05) is 84.2 Å². The minimum absolute atomic E-state index is 0.0227. The summed E-state index contributed by atoms with van der Waals surface area (Å²) in [5.74, 6) is -2.00. The lowest BCUT2D eigenvalue weighted by Crippen LogP contribution is -2.29. The predicted molar refractivity (Wildman–Crippen MR) is 165 cm³/mol. The van der Waals surface area contributed by atoms with Gasteiger partial charge in [0, 0.05) is 5.56 Å². The highest BCUT2D eigenvalue weighted by Crippen LogP contribution is 2.44. The second-order valence-electron chi connectivity index (χ2n) is 10.1. The van der Waals surface area contributed by atoms with E-state index in [1.165, 1.54) is 11.0 Å². The molecule has 1 atom stereocenters. The Morgan fingerprint density at radius 2 is 1.77 bits per heavy atom. The summed E-state index contributed by atoms with van der Waals surface area (Å²) in [5, 5.41) is 11.7. The van der Waals surface area contributed by atoms with Crippen molar-refractivity contribution in [3.63, 3.8) is 0 Å². The van der Waals surface area contributed by atoms with Crippen LogP contribution in [-0.4, -0.2) is 34.4 Å². The molecule has 1 amide bonds. The molecule has 0 saturated carbocycles. The number of ether oxygens (including phenoxy) is 2. The van der Waals surface area contributed by atoms with Crippen LogP contribution in [0.1, 0.15) is 49.2 Å². The number of Topliss-reactive ketones (excluding diaryl/α,β-unsaturated/α-hetero) is 1. The van der Waals surface area contributed by atoms with Gasteiger partial charge in [0.15, 0.2) is 5.13 Å². The summed E-state index contributed by atoms with van der Waals surface area (Å²) in [4.78, 5) is 45.6. The third kappa shape index (κ3) is 5.98. The zero-order valence-electron chi connectivity index (χ0n) is 24.0. The van der Waals surface area contributed by atoms with Crippen LogP contribution in [0, 0.1) is 20.8 Å². The maximum atomic E-state index is 13.6. The lowest BCUT2D eigenvalue weighted by Gasteiger charge is -2.23. The minimum Gasteiger partial charge on any atom is -0.507 e. The van der Waals surface area contributed by atoms with Crippen LogP contribution in [0.4, 0.5) is 5.13 Å². The molecule has 0 bridgehead atoms. The molecule has 2 heterocycles. The van der Waals surface area contributed by atoms with Crippen molar-refractivity contribution in [1.82, 2.24) is 4.98 Å². The number of anilines is 1. The molecule has 1 aliphatic heterocycles. The lowest BCUT2D eigenvalue weighted by atomic mass is 9.94. The summed E-state index contributed by atoms with van der Waals surface area (Å²) in [6, 6.07) is 21.2. The number of aliphatic hydroxyl groups excluding tert-OH is 1. The van der Waals surface area contributed by atoms with E-state index in [0.29, 0.717) is 29.2 Å². The Balaban J connectivity index is 1.55. The summed E-state index contributed by atoms with van der Waals surface area (Å²) in [6.07, 6.45) is 1.45. The fourth-order valence-electron chi connectivity index (χ4n) is 4.82. The average molecular weight is 595 g/mol. The van der Waals surface area contributed by atoms with Crippen LogP contribution in [0.5, 0.6) is 5.75 Å². The quantitative estimate of drug-likeness (QED) is 0.0764. The molecule has 4 aromatic rings. The Bertz CT molecular complexity index is 1740. The fourth-order valence-corrected chi connectivity index (χ4v) is 5.81. The van der Waals surface area contributed by atoms with Gasteiger partial charge in [-0.3, -0.25) is 14.5 Å². The molecule has 1 N–H and O–H groups in total. The number of carbonyl (C=O) groups is 3. The molecule has 1 saturated heterocycles. The van der Waals surface area contributed by atoms with Gasteiger partial charge in [0.1, 0.15) is 29.6 Å². The molecule has 0 spiro atoms. The number of benzene rings is 3. The van der Waals surface area contributed by atoms with Crippen LogP contribution >= 0.6 is 11.3 Å². The largest absolute Gasteiger partial charge is 0.507 e. The Morgan fingerprint density at radius 3 is 2.44 bits per heavy atom. The Labute approximate surface area is 253 Å². The highest BCUT2D eigenvalue weighted by atomic mass is 32.1. The number of esters is 1. The number of thiazole rings is 1. The first-order valence-corrected chi connectivity index (χ1v) is 14.4. The first kappa shape index (κ1) is 29.5. The van der Waals surface area contributed by atoms with Crippen molar-refractivity contribution in [3.05, 3.63) is 129 Å². The number of rotatable bonds is 9. The van der Waals surface area contributed by atoms with Crippen LogP contribution in [-0.2, 0) is 20.9 Å². The number of ketones is 1. The van der Waals surface area contributed by atoms with E-state index in [4.69, 9.17) is 9.47 Å². The number of carbonyl (C=O) groups excluding carboxylic acids is 3. The highest BCUT2D eigenvalue weighted by molar-refractivity contribution is 7.17. The van der Waals surface area contributed by atoms with E-state index in [1.807, 2.05) is 56.3 Å². The molecule has 8 nitrogen and oxygen atoms in total.